The predicted molar refractivity (Wildman–Crippen MR) is 18.6 cm³/mol. The second kappa shape index (κ2) is 25.1. The van der Waals surface area contributed by atoms with Gasteiger partial charge >= 0.3 is 92.4 Å². The van der Waals surface area contributed by atoms with Crippen LogP contribution in [0.5, 0.6) is 0 Å². The van der Waals surface area contributed by atoms with E-state index in [0.717, 1.165) is 0 Å². The van der Waals surface area contributed by atoms with E-state index in [4.69, 9.17) is 15.9 Å². The molecular weight excluding hydrogens is 206 g/mol. The molecule has 0 N–H and O–H groups in total. The quantitative estimate of drug-likeness (QED) is 0.381. The molecule has 0 aromatic heterocycles. The average molecular weight is 206 g/mol. The summed E-state index contributed by atoms with van der Waals surface area (Å²) in [6.07, 6.45) is 0. The first-order valence-electron chi connectivity index (χ1n) is 0.943. The SMILES string of the molecule is [O]=[Al][O-].[O]=[Al][O-].[Sr+2]. The van der Waals surface area contributed by atoms with Gasteiger partial charge < -0.3 is 0 Å². The second-order valence-corrected chi connectivity index (χ2v) is 0.577. The first kappa shape index (κ1) is 15.9. The largest absolute Gasteiger partial charge is 2.00 e. The maximum Gasteiger partial charge on any atom is 2.00 e. The molecule has 0 unspecified atom stereocenters. The standard InChI is InChI=1S/2Al.4O.Sr/q;;;;2*-1;+2. The summed E-state index contributed by atoms with van der Waals surface area (Å²) in [5, 5.41) is 0. The smallest absolute Gasteiger partial charge is 2.00 e. The predicted octanol–water partition coefficient (Wildman–Crippen LogP) is -3.76. The van der Waals surface area contributed by atoms with Gasteiger partial charge in [-0.2, -0.15) is 0 Å². The van der Waals surface area contributed by atoms with Gasteiger partial charge in [-0.25, -0.2) is 0 Å². The molecule has 0 spiro atoms. The van der Waals surface area contributed by atoms with E-state index in [1.165, 1.54) is 0 Å². The summed E-state index contributed by atoms with van der Waals surface area (Å²) in [5.74, 6) is 0. The van der Waals surface area contributed by atoms with Gasteiger partial charge in [0.15, 0.2) is 0 Å². The van der Waals surface area contributed by atoms with Crippen molar-refractivity contribution in [3.8, 4) is 0 Å². The summed E-state index contributed by atoms with van der Waals surface area (Å²) >= 11 is -3.50. The van der Waals surface area contributed by atoms with Crippen LogP contribution in [-0.4, -0.2) is 76.5 Å². The molecule has 0 radical (unpaired) electrons. The van der Waals surface area contributed by atoms with Gasteiger partial charge in [0.05, 0.1) is 0 Å². The van der Waals surface area contributed by atoms with E-state index in [1.54, 1.807) is 0 Å². The minimum absolute atomic E-state index is 0. The van der Waals surface area contributed by atoms with E-state index in [2.05, 4.69) is 0 Å². The van der Waals surface area contributed by atoms with E-state index in [9.17, 15) is 0 Å². The Labute approximate surface area is 90.7 Å². The molecule has 4 nitrogen and oxygen atoms in total. The van der Waals surface area contributed by atoms with Crippen LogP contribution in [0.25, 0.3) is 0 Å². The molecule has 0 heterocycles. The van der Waals surface area contributed by atoms with Crippen molar-refractivity contribution in [1.29, 1.82) is 0 Å². The number of hydrogen-bond donors (Lipinski definition) is 0. The Bertz CT molecular complexity index is 30.7. The van der Waals surface area contributed by atoms with Gasteiger partial charge in [-0.1, -0.05) is 0 Å². The van der Waals surface area contributed by atoms with Gasteiger partial charge in [0.1, 0.15) is 0 Å². The molecule has 0 fully saturated rings. The Balaban J connectivity index is -0.0000000400. The Morgan fingerprint density at radius 3 is 1.00 bits per heavy atom. The summed E-state index contributed by atoms with van der Waals surface area (Å²) < 4.78 is 33.8. The Hall–Kier alpha value is 1.75. The number of rotatable bonds is 0. The fourth-order valence-corrected chi connectivity index (χ4v) is 0. The first-order valence-corrected chi connectivity index (χ1v) is 2.83. The van der Waals surface area contributed by atoms with E-state index < -0.39 is 31.0 Å². The third-order valence-corrected chi connectivity index (χ3v) is 0. The minimum Gasteiger partial charge on any atom is 2.00 e. The van der Waals surface area contributed by atoms with E-state index >= 15 is 0 Å². The monoisotopic (exact) mass is 206 g/mol. The molecule has 0 aromatic rings. The zero-order chi connectivity index (χ0) is 5.41. The average Bonchev–Trinajstić information content (AvgIpc) is 1.39. The third-order valence-electron chi connectivity index (χ3n) is 0. The molecule has 0 aliphatic rings. The molecular formula is Al2O4Sr. The van der Waals surface area contributed by atoms with Crippen molar-refractivity contribution in [2.24, 2.45) is 0 Å². The van der Waals surface area contributed by atoms with Gasteiger partial charge in [0.2, 0.25) is 0 Å². The normalized spacial score (nSPS) is 2.29. The molecule has 0 rings (SSSR count). The minimum atomic E-state index is -1.75. The molecule has 0 aliphatic heterocycles. The van der Waals surface area contributed by atoms with Crippen LogP contribution in [0.2, 0.25) is 0 Å². The van der Waals surface area contributed by atoms with Crippen molar-refractivity contribution in [3.63, 3.8) is 0 Å². The zero-order valence-corrected chi connectivity index (χ0v) is 9.28. The fourth-order valence-electron chi connectivity index (χ4n) is 0. The fraction of sp³-hybridized carbons (Fsp3) is 0. The van der Waals surface area contributed by atoms with Crippen molar-refractivity contribution in [1.82, 2.24) is 0 Å². The Morgan fingerprint density at radius 2 is 1.00 bits per heavy atom. The van der Waals surface area contributed by atoms with Crippen molar-refractivity contribution in [2.75, 3.05) is 0 Å². The maximum absolute atomic E-state index is 8.46. The van der Waals surface area contributed by atoms with Crippen molar-refractivity contribution < 1.29 is 15.9 Å². The van der Waals surface area contributed by atoms with Crippen LogP contribution < -0.4 is 8.32 Å². The van der Waals surface area contributed by atoms with Gasteiger partial charge in [-0.05, 0) is 0 Å². The maximum atomic E-state index is 8.46. The van der Waals surface area contributed by atoms with E-state index in [-0.39, 0.29) is 45.5 Å². The second-order valence-electron chi connectivity index (χ2n) is 0.192. The molecule has 0 bridgehead atoms. The molecule has 7 heteroatoms. The molecule has 0 amide bonds. The zero-order valence-electron chi connectivity index (χ0n) is 3.49. The van der Waals surface area contributed by atoms with Crippen molar-refractivity contribution in [3.05, 3.63) is 0 Å². The van der Waals surface area contributed by atoms with Crippen LogP contribution in [0.4, 0.5) is 0 Å². The molecule has 0 aromatic carbocycles. The molecule has 0 saturated heterocycles. The molecule has 7 heavy (non-hydrogen) atoms. The topological polar surface area (TPSA) is 80.3 Å². The molecule has 0 aliphatic carbocycles. The Morgan fingerprint density at radius 1 is 1.00 bits per heavy atom. The van der Waals surface area contributed by atoms with Crippen LogP contribution >= 0.6 is 0 Å². The molecule has 0 atom stereocenters. The summed E-state index contributed by atoms with van der Waals surface area (Å²) in [4.78, 5) is 0. The van der Waals surface area contributed by atoms with E-state index in [1.807, 2.05) is 0 Å². The van der Waals surface area contributed by atoms with Crippen LogP contribution in [0.3, 0.4) is 0 Å². The number of hydrogen-bond acceptors (Lipinski definition) is 4. The van der Waals surface area contributed by atoms with Gasteiger partial charge in [0.25, 0.3) is 0 Å². The summed E-state index contributed by atoms with van der Waals surface area (Å²) in [7, 11) is 0. The van der Waals surface area contributed by atoms with Crippen LogP contribution in [-0.2, 0) is 7.61 Å². The summed E-state index contributed by atoms with van der Waals surface area (Å²) in [6.45, 7) is 0. The van der Waals surface area contributed by atoms with Crippen LogP contribution in [0.15, 0.2) is 0 Å². The molecule has 32 valence electrons. The van der Waals surface area contributed by atoms with Gasteiger partial charge in [0, 0.05) is 0 Å². The van der Waals surface area contributed by atoms with Crippen LogP contribution in [0.1, 0.15) is 0 Å². The van der Waals surface area contributed by atoms with Gasteiger partial charge in [-0.15, -0.1) is 0 Å². The Kier molecular flexibility index (Phi) is 57.0. The van der Waals surface area contributed by atoms with Crippen molar-refractivity contribution in [2.45, 2.75) is 0 Å². The van der Waals surface area contributed by atoms with Crippen molar-refractivity contribution >= 4 is 76.5 Å². The first-order chi connectivity index (χ1) is 2.83. The van der Waals surface area contributed by atoms with Gasteiger partial charge in [-0.3, -0.25) is 0 Å². The van der Waals surface area contributed by atoms with Crippen LogP contribution in [0, 0.1) is 0 Å². The molecule has 0 saturated carbocycles. The summed E-state index contributed by atoms with van der Waals surface area (Å²) in [6, 6.07) is 0. The third kappa shape index (κ3) is 83.9. The summed E-state index contributed by atoms with van der Waals surface area (Å²) in [5.41, 5.74) is 0. The van der Waals surface area contributed by atoms with E-state index in [0.29, 0.717) is 0 Å².